The second kappa shape index (κ2) is 5.63. The van der Waals surface area contributed by atoms with Gasteiger partial charge in [0.1, 0.15) is 12.0 Å². The number of hydrogen-bond donors (Lipinski definition) is 0. The summed E-state index contributed by atoms with van der Waals surface area (Å²) in [5.41, 5.74) is 0.371. The van der Waals surface area contributed by atoms with Gasteiger partial charge in [0.25, 0.3) is 0 Å². The molecule has 1 rings (SSSR count). The van der Waals surface area contributed by atoms with Gasteiger partial charge in [-0.15, -0.1) is 0 Å². The number of sulfonamides is 1. The Hall–Kier alpha value is -1.39. The predicted octanol–water partition coefficient (Wildman–Crippen LogP) is 0.740. The van der Waals surface area contributed by atoms with Gasteiger partial charge in [0, 0.05) is 25.6 Å². The summed E-state index contributed by atoms with van der Waals surface area (Å²) in [5, 5.41) is 12.0. The summed E-state index contributed by atoms with van der Waals surface area (Å²) < 4.78 is 29.6. The summed E-state index contributed by atoms with van der Waals surface area (Å²) in [7, 11) is -3.41. The smallest absolute Gasteiger partial charge is 0.219 e. The van der Waals surface area contributed by atoms with Crippen molar-refractivity contribution in [2.24, 2.45) is 0 Å². The number of hydrogen-bond acceptors (Lipinski definition) is 5. The third-order valence-corrected chi connectivity index (χ3v) is 3.93. The fourth-order valence-electron chi connectivity index (χ4n) is 1.26. The van der Waals surface area contributed by atoms with Crippen LogP contribution >= 0.6 is 0 Å². The van der Waals surface area contributed by atoms with E-state index in [9.17, 15) is 8.42 Å². The maximum absolute atomic E-state index is 11.9. The molecule has 0 bridgehead atoms. The highest BCUT2D eigenvalue weighted by Crippen LogP contribution is 2.09. The van der Waals surface area contributed by atoms with Crippen molar-refractivity contribution in [2.45, 2.75) is 19.1 Å². The molecule has 16 heavy (non-hydrogen) atoms. The van der Waals surface area contributed by atoms with E-state index in [2.05, 4.69) is 9.68 Å². The van der Waals surface area contributed by atoms with E-state index in [0.29, 0.717) is 12.2 Å². The highest BCUT2D eigenvalue weighted by molar-refractivity contribution is 7.88. The average molecular weight is 243 g/mol. The van der Waals surface area contributed by atoms with Crippen LogP contribution in [0.25, 0.3) is 0 Å². The molecule has 0 aromatic carbocycles. The molecule has 1 aromatic heterocycles. The van der Waals surface area contributed by atoms with Gasteiger partial charge in [-0.1, -0.05) is 12.1 Å². The molecule has 0 aliphatic heterocycles. The lowest BCUT2D eigenvalue weighted by molar-refractivity contribution is 0.409. The minimum Gasteiger partial charge on any atom is -0.364 e. The van der Waals surface area contributed by atoms with Gasteiger partial charge in [0.15, 0.2) is 0 Å². The van der Waals surface area contributed by atoms with Crippen LogP contribution in [0.15, 0.2) is 16.9 Å². The van der Waals surface area contributed by atoms with Crippen LogP contribution in [0, 0.1) is 11.3 Å². The van der Waals surface area contributed by atoms with Gasteiger partial charge in [0.2, 0.25) is 10.0 Å². The van der Waals surface area contributed by atoms with Crippen LogP contribution in [-0.4, -0.2) is 31.0 Å². The molecule has 0 aliphatic carbocycles. The van der Waals surface area contributed by atoms with Crippen LogP contribution in [0.4, 0.5) is 0 Å². The van der Waals surface area contributed by atoms with Gasteiger partial charge in [0.05, 0.1) is 11.8 Å². The van der Waals surface area contributed by atoms with Crippen molar-refractivity contribution in [3.63, 3.8) is 0 Å². The Morgan fingerprint density at radius 3 is 2.88 bits per heavy atom. The van der Waals surface area contributed by atoms with Crippen LogP contribution in [0.2, 0.25) is 0 Å². The molecule has 0 unspecified atom stereocenters. The number of nitrogens with zero attached hydrogens (tertiary/aromatic N) is 3. The molecule has 0 aliphatic rings. The number of nitriles is 1. The summed E-state index contributed by atoms with van der Waals surface area (Å²) in [5.74, 6) is -0.192. The highest BCUT2D eigenvalue weighted by atomic mass is 32.2. The molecule has 1 aromatic rings. The first-order chi connectivity index (χ1) is 7.60. The largest absolute Gasteiger partial charge is 0.364 e. The molecule has 0 fully saturated rings. The Labute approximate surface area is 94.5 Å². The Kier molecular flexibility index (Phi) is 4.46. The van der Waals surface area contributed by atoms with Crippen molar-refractivity contribution in [3.05, 3.63) is 18.0 Å². The first-order valence-electron chi connectivity index (χ1n) is 4.84. The Bertz CT molecular complexity index is 447. The van der Waals surface area contributed by atoms with Gasteiger partial charge < -0.3 is 4.52 Å². The molecule has 88 valence electrons. The number of rotatable bonds is 6. The molecular weight excluding hydrogens is 230 g/mol. The summed E-state index contributed by atoms with van der Waals surface area (Å²) in [4.78, 5) is 0. The molecule has 0 N–H and O–H groups in total. The Balaban J connectivity index is 2.71. The van der Waals surface area contributed by atoms with Crippen molar-refractivity contribution >= 4 is 10.0 Å². The van der Waals surface area contributed by atoms with Crippen molar-refractivity contribution < 1.29 is 12.9 Å². The van der Waals surface area contributed by atoms with Gasteiger partial charge in [-0.2, -0.15) is 5.26 Å². The standard InChI is InChI=1S/C9H13N3O3S/c1-2-12(6-3-5-10)16(13,14)8-9-4-7-15-11-9/h4,7H,2-3,6,8H2,1H3. The summed E-state index contributed by atoms with van der Waals surface area (Å²) >= 11 is 0. The predicted molar refractivity (Wildman–Crippen MR) is 56.6 cm³/mol. The van der Waals surface area contributed by atoms with Gasteiger partial charge in [-0.25, -0.2) is 12.7 Å². The zero-order valence-corrected chi connectivity index (χ0v) is 9.77. The first-order valence-corrected chi connectivity index (χ1v) is 6.45. The van der Waals surface area contributed by atoms with E-state index >= 15 is 0 Å². The lowest BCUT2D eigenvalue weighted by Crippen LogP contribution is -2.32. The van der Waals surface area contributed by atoms with Crippen molar-refractivity contribution in [1.29, 1.82) is 5.26 Å². The van der Waals surface area contributed by atoms with Gasteiger partial charge >= 0.3 is 0 Å². The maximum atomic E-state index is 11.9. The van der Waals surface area contributed by atoms with Crippen LogP contribution in [0.1, 0.15) is 19.0 Å². The van der Waals surface area contributed by atoms with E-state index < -0.39 is 10.0 Å². The van der Waals surface area contributed by atoms with E-state index in [1.54, 1.807) is 6.92 Å². The van der Waals surface area contributed by atoms with Gasteiger partial charge in [-0.3, -0.25) is 0 Å². The quantitative estimate of drug-likeness (QED) is 0.735. The Morgan fingerprint density at radius 1 is 1.62 bits per heavy atom. The fourth-order valence-corrected chi connectivity index (χ4v) is 2.73. The molecule has 1 heterocycles. The molecular formula is C9H13N3O3S. The van der Waals surface area contributed by atoms with E-state index in [4.69, 9.17) is 5.26 Å². The normalized spacial score (nSPS) is 11.6. The van der Waals surface area contributed by atoms with E-state index in [-0.39, 0.29) is 18.7 Å². The molecule has 0 amide bonds. The lowest BCUT2D eigenvalue weighted by Gasteiger charge is -2.18. The number of aromatic nitrogens is 1. The average Bonchev–Trinajstić information content (AvgIpc) is 2.70. The lowest BCUT2D eigenvalue weighted by atomic mass is 10.5. The molecule has 0 saturated carbocycles. The SMILES string of the molecule is CCN(CCC#N)S(=O)(=O)Cc1ccon1. The molecule has 0 radical (unpaired) electrons. The highest BCUT2D eigenvalue weighted by Gasteiger charge is 2.21. The van der Waals surface area contributed by atoms with Crippen molar-refractivity contribution in [2.75, 3.05) is 13.1 Å². The molecule has 7 heteroatoms. The molecule has 0 atom stereocenters. The Morgan fingerprint density at radius 2 is 2.38 bits per heavy atom. The fraction of sp³-hybridized carbons (Fsp3) is 0.556. The van der Waals surface area contributed by atoms with Gasteiger partial charge in [-0.05, 0) is 0 Å². The van der Waals surface area contributed by atoms with Crippen molar-refractivity contribution in [3.8, 4) is 6.07 Å². The van der Waals surface area contributed by atoms with Crippen LogP contribution in [0.5, 0.6) is 0 Å². The van der Waals surface area contributed by atoms with E-state index in [1.165, 1.54) is 16.6 Å². The van der Waals surface area contributed by atoms with Crippen LogP contribution in [-0.2, 0) is 15.8 Å². The van der Waals surface area contributed by atoms with E-state index in [0.717, 1.165) is 0 Å². The molecule has 6 nitrogen and oxygen atoms in total. The topological polar surface area (TPSA) is 87.2 Å². The van der Waals surface area contributed by atoms with E-state index in [1.807, 2.05) is 6.07 Å². The summed E-state index contributed by atoms with van der Waals surface area (Å²) in [6, 6.07) is 3.43. The zero-order valence-electron chi connectivity index (χ0n) is 8.96. The third-order valence-electron chi connectivity index (χ3n) is 2.04. The second-order valence-corrected chi connectivity index (χ2v) is 5.12. The summed E-state index contributed by atoms with van der Waals surface area (Å²) in [6.07, 6.45) is 1.52. The monoisotopic (exact) mass is 243 g/mol. The zero-order chi connectivity index (χ0) is 12.0. The minimum absolute atomic E-state index is 0.186. The minimum atomic E-state index is -3.41. The van der Waals surface area contributed by atoms with Crippen LogP contribution in [0.3, 0.4) is 0 Å². The second-order valence-electron chi connectivity index (χ2n) is 3.15. The molecule has 0 spiro atoms. The third kappa shape index (κ3) is 3.32. The van der Waals surface area contributed by atoms with Crippen LogP contribution < -0.4 is 0 Å². The van der Waals surface area contributed by atoms with Crippen molar-refractivity contribution in [1.82, 2.24) is 9.46 Å². The molecule has 0 saturated heterocycles. The first kappa shape index (κ1) is 12.7. The maximum Gasteiger partial charge on any atom is 0.219 e. The summed E-state index contributed by atoms with van der Waals surface area (Å²) in [6.45, 7) is 2.30.